The number of benzene rings is 2. The number of H-pyrrole nitrogens is 1. The number of fused-ring (bicyclic) bond motifs is 3. The first-order valence-electron chi connectivity index (χ1n) is 8.23. The molecule has 128 valence electrons. The number of para-hydroxylation sites is 3. The average Bonchev–Trinajstić information content (AvgIpc) is 3.05. The molecule has 2 N–H and O–H groups in total. The van der Waals surface area contributed by atoms with Crippen molar-refractivity contribution in [2.24, 2.45) is 0 Å². The van der Waals surface area contributed by atoms with E-state index in [1.54, 1.807) is 31.5 Å². The summed E-state index contributed by atoms with van der Waals surface area (Å²) in [5.74, 6) is 0.378. The van der Waals surface area contributed by atoms with Gasteiger partial charge in [0.1, 0.15) is 5.75 Å². The smallest absolute Gasteiger partial charge is 0.248 e. The number of nitrogens with one attached hydrogen (secondary N) is 2. The van der Waals surface area contributed by atoms with Gasteiger partial charge in [0, 0.05) is 22.4 Å². The molecule has 0 saturated heterocycles. The maximum atomic E-state index is 12.2. The molecule has 0 unspecified atom stereocenters. The van der Waals surface area contributed by atoms with E-state index in [9.17, 15) is 4.79 Å². The molecule has 2 aromatic carbocycles. The average molecular weight is 343 g/mol. The maximum Gasteiger partial charge on any atom is 0.248 e. The molecule has 2 heterocycles. The van der Waals surface area contributed by atoms with Crippen LogP contribution in [0.15, 0.2) is 66.9 Å². The SMILES string of the molecule is COc1ccccc1NC(=O)/C=C/c1cc2c(cn1)[nH]c1ccccc12. The Kier molecular flexibility index (Phi) is 4.11. The third-order valence-corrected chi connectivity index (χ3v) is 4.18. The van der Waals surface area contributed by atoms with Crippen LogP contribution >= 0.6 is 0 Å². The lowest BCUT2D eigenvalue weighted by Gasteiger charge is -2.07. The Morgan fingerprint density at radius 2 is 1.88 bits per heavy atom. The number of anilines is 1. The summed E-state index contributed by atoms with van der Waals surface area (Å²) in [7, 11) is 1.57. The predicted molar refractivity (Wildman–Crippen MR) is 104 cm³/mol. The molecule has 4 aromatic rings. The summed E-state index contributed by atoms with van der Waals surface area (Å²) < 4.78 is 5.23. The second kappa shape index (κ2) is 6.72. The number of ether oxygens (including phenoxy) is 1. The van der Waals surface area contributed by atoms with Crippen molar-refractivity contribution in [3.05, 3.63) is 72.6 Å². The van der Waals surface area contributed by atoms with Crippen LogP contribution in [0.3, 0.4) is 0 Å². The highest BCUT2D eigenvalue weighted by Gasteiger charge is 2.06. The molecule has 26 heavy (non-hydrogen) atoms. The van der Waals surface area contributed by atoms with Crippen LogP contribution in [-0.4, -0.2) is 23.0 Å². The van der Waals surface area contributed by atoms with E-state index in [1.165, 1.54) is 6.08 Å². The van der Waals surface area contributed by atoms with Crippen LogP contribution in [0.25, 0.3) is 27.9 Å². The number of hydrogen-bond acceptors (Lipinski definition) is 3. The normalized spacial score (nSPS) is 11.3. The number of nitrogens with zero attached hydrogens (tertiary/aromatic N) is 1. The zero-order valence-electron chi connectivity index (χ0n) is 14.2. The van der Waals surface area contributed by atoms with E-state index < -0.39 is 0 Å². The largest absolute Gasteiger partial charge is 0.495 e. The van der Waals surface area contributed by atoms with Crippen LogP contribution in [0.4, 0.5) is 5.69 Å². The summed E-state index contributed by atoms with van der Waals surface area (Å²) in [5, 5.41) is 5.03. The van der Waals surface area contributed by atoms with Crippen LogP contribution in [0.2, 0.25) is 0 Å². The number of pyridine rings is 1. The molecular formula is C21H17N3O2. The van der Waals surface area contributed by atoms with Gasteiger partial charge in [0.15, 0.2) is 0 Å². The Hall–Kier alpha value is -3.60. The van der Waals surface area contributed by atoms with Gasteiger partial charge in [-0.05, 0) is 30.3 Å². The molecule has 2 aromatic heterocycles. The number of carbonyl (C=O) groups excluding carboxylic acids is 1. The minimum absolute atomic E-state index is 0.240. The molecule has 0 atom stereocenters. The van der Waals surface area contributed by atoms with E-state index in [0.717, 1.165) is 27.5 Å². The fourth-order valence-corrected chi connectivity index (χ4v) is 2.94. The predicted octanol–water partition coefficient (Wildman–Crippen LogP) is 4.38. The molecule has 5 heteroatoms. The first-order valence-corrected chi connectivity index (χ1v) is 8.23. The number of methoxy groups -OCH3 is 1. The van der Waals surface area contributed by atoms with Gasteiger partial charge in [0.2, 0.25) is 5.91 Å². The van der Waals surface area contributed by atoms with Crippen molar-refractivity contribution in [1.29, 1.82) is 0 Å². The molecule has 0 aliphatic rings. The second-order valence-corrected chi connectivity index (χ2v) is 5.85. The lowest BCUT2D eigenvalue weighted by atomic mass is 10.1. The highest BCUT2D eigenvalue weighted by molar-refractivity contribution is 6.08. The van der Waals surface area contributed by atoms with Crippen LogP contribution in [0, 0.1) is 0 Å². The quantitative estimate of drug-likeness (QED) is 0.541. The van der Waals surface area contributed by atoms with E-state index in [2.05, 4.69) is 21.4 Å². The minimum atomic E-state index is -0.240. The molecule has 0 fully saturated rings. The van der Waals surface area contributed by atoms with E-state index in [4.69, 9.17) is 4.74 Å². The number of amides is 1. The Bertz CT molecular complexity index is 1130. The monoisotopic (exact) mass is 343 g/mol. The first-order chi connectivity index (χ1) is 12.7. The molecule has 0 saturated carbocycles. The van der Waals surface area contributed by atoms with E-state index in [-0.39, 0.29) is 5.91 Å². The van der Waals surface area contributed by atoms with Gasteiger partial charge in [0.25, 0.3) is 0 Å². The van der Waals surface area contributed by atoms with Crippen LogP contribution < -0.4 is 10.1 Å². The molecule has 0 spiro atoms. The second-order valence-electron chi connectivity index (χ2n) is 5.85. The molecule has 4 rings (SSSR count). The highest BCUT2D eigenvalue weighted by atomic mass is 16.5. The van der Waals surface area contributed by atoms with Crippen molar-refractivity contribution in [1.82, 2.24) is 9.97 Å². The molecule has 1 amide bonds. The van der Waals surface area contributed by atoms with Gasteiger partial charge in [-0.3, -0.25) is 9.78 Å². The van der Waals surface area contributed by atoms with Gasteiger partial charge in [-0.25, -0.2) is 0 Å². The Labute approximate surface area is 150 Å². The van der Waals surface area contributed by atoms with Crippen molar-refractivity contribution in [2.75, 3.05) is 12.4 Å². The van der Waals surface area contributed by atoms with Gasteiger partial charge in [-0.1, -0.05) is 30.3 Å². The lowest BCUT2D eigenvalue weighted by Crippen LogP contribution is -2.08. The standard InChI is InChI=1S/C21H17N3O2/c1-26-20-9-5-4-8-18(20)24-21(25)11-10-14-12-16-15-6-2-3-7-17(15)23-19(16)13-22-14/h2-13,23H,1H3,(H,24,25)/b11-10+. The third kappa shape index (κ3) is 3.02. The zero-order valence-corrected chi connectivity index (χ0v) is 14.2. The lowest BCUT2D eigenvalue weighted by molar-refractivity contribution is -0.111. The number of rotatable bonds is 4. The van der Waals surface area contributed by atoms with Crippen molar-refractivity contribution in [3.63, 3.8) is 0 Å². The summed E-state index contributed by atoms with van der Waals surface area (Å²) in [6.07, 6.45) is 4.95. The van der Waals surface area contributed by atoms with Gasteiger partial charge in [-0.15, -0.1) is 0 Å². The van der Waals surface area contributed by atoms with Crippen molar-refractivity contribution < 1.29 is 9.53 Å². The van der Waals surface area contributed by atoms with E-state index in [1.807, 2.05) is 36.4 Å². The van der Waals surface area contributed by atoms with Gasteiger partial charge in [0.05, 0.1) is 30.2 Å². The molecule has 0 aliphatic carbocycles. The minimum Gasteiger partial charge on any atom is -0.495 e. The summed E-state index contributed by atoms with van der Waals surface area (Å²) in [6.45, 7) is 0. The summed E-state index contributed by atoms with van der Waals surface area (Å²) in [6, 6.07) is 17.4. The Morgan fingerprint density at radius 3 is 2.77 bits per heavy atom. The van der Waals surface area contributed by atoms with E-state index in [0.29, 0.717) is 11.4 Å². The summed E-state index contributed by atoms with van der Waals surface area (Å²) in [5.41, 5.74) is 3.39. The molecule has 5 nitrogen and oxygen atoms in total. The zero-order chi connectivity index (χ0) is 17.9. The van der Waals surface area contributed by atoms with Crippen LogP contribution in [0.1, 0.15) is 5.69 Å². The van der Waals surface area contributed by atoms with Gasteiger partial charge in [-0.2, -0.15) is 0 Å². The van der Waals surface area contributed by atoms with Gasteiger partial charge >= 0.3 is 0 Å². The van der Waals surface area contributed by atoms with E-state index >= 15 is 0 Å². The van der Waals surface area contributed by atoms with Crippen LogP contribution in [-0.2, 0) is 4.79 Å². The fourth-order valence-electron chi connectivity index (χ4n) is 2.94. The Morgan fingerprint density at radius 1 is 1.08 bits per heavy atom. The Balaban J connectivity index is 1.58. The van der Waals surface area contributed by atoms with Crippen molar-refractivity contribution in [3.8, 4) is 5.75 Å². The van der Waals surface area contributed by atoms with Crippen LogP contribution in [0.5, 0.6) is 5.75 Å². The summed E-state index contributed by atoms with van der Waals surface area (Å²) >= 11 is 0. The van der Waals surface area contributed by atoms with Crippen molar-refractivity contribution >= 4 is 39.5 Å². The van der Waals surface area contributed by atoms with Crippen molar-refractivity contribution in [2.45, 2.75) is 0 Å². The molecular weight excluding hydrogens is 326 g/mol. The topological polar surface area (TPSA) is 67.0 Å². The maximum absolute atomic E-state index is 12.2. The number of aromatic nitrogens is 2. The fraction of sp³-hybridized carbons (Fsp3) is 0.0476. The molecule has 0 bridgehead atoms. The summed E-state index contributed by atoms with van der Waals surface area (Å²) in [4.78, 5) is 19.9. The third-order valence-electron chi connectivity index (χ3n) is 4.18. The number of aromatic amines is 1. The molecule has 0 aliphatic heterocycles. The first kappa shape index (κ1) is 15.9. The number of carbonyl (C=O) groups is 1. The highest BCUT2D eigenvalue weighted by Crippen LogP contribution is 2.25. The van der Waals surface area contributed by atoms with Gasteiger partial charge < -0.3 is 15.0 Å². The molecule has 0 radical (unpaired) electrons. The number of hydrogen-bond donors (Lipinski definition) is 2.